The highest BCUT2D eigenvalue weighted by atomic mass is 16.3. The molecule has 1 aliphatic rings. The van der Waals surface area contributed by atoms with E-state index in [4.69, 9.17) is 0 Å². The smallest absolute Gasteiger partial charge is 0.194 e. The van der Waals surface area contributed by atoms with Gasteiger partial charge in [0, 0.05) is 11.1 Å². The lowest BCUT2D eigenvalue weighted by Gasteiger charge is -2.02. The molecule has 0 aliphatic heterocycles. The maximum atomic E-state index is 12.0. The van der Waals surface area contributed by atoms with Crippen LogP contribution in [0.1, 0.15) is 15.9 Å². The number of hydrogen-bond donors (Lipinski definition) is 3. The molecule has 0 saturated heterocycles. The van der Waals surface area contributed by atoms with Gasteiger partial charge in [0.2, 0.25) is 0 Å². The van der Waals surface area contributed by atoms with E-state index >= 15 is 0 Å². The minimum Gasteiger partial charge on any atom is -0.508 e. The van der Waals surface area contributed by atoms with Crippen molar-refractivity contribution in [3.8, 4) is 28.4 Å². The van der Waals surface area contributed by atoms with Crippen LogP contribution in [0.25, 0.3) is 11.1 Å². The first kappa shape index (κ1) is 9.72. The number of rotatable bonds is 0. The predicted octanol–water partition coefficient (Wildman–Crippen LogP) is 2.01. The van der Waals surface area contributed by atoms with Crippen LogP contribution in [-0.4, -0.2) is 21.1 Å². The number of phenols is 3. The summed E-state index contributed by atoms with van der Waals surface area (Å²) in [5.41, 5.74) is 1.93. The van der Waals surface area contributed by atoms with Gasteiger partial charge < -0.3 is 15.3 Å². The summed E-state index contributed by atoms with van der Waals surface area (Å²) in [4.78, 5) is 12.0. The molecule has 0 atom stereocenters. The monoisotopic (exact) mass is 228 g/mol. The Morgan fingerprint density at radius 1 is 0.706 bits per heavy atom. The van der Waals surface area contributed by atoms with Crippen molar-refractivity contribution in [3.63, 3.8) is 0 Å². The van der Waals surface area contributed by atoms with Gasteiger partial charge in [0.05, 0.1) is 0 Å². The highest BCUT2D eigenvalue weighted by Crippen LogP contribution is 2.42. The average Bonchev–Trinajstić information content (AvgIpc) is 2.54. The second-order valence-electron chi connectivity index (χ2n) is 3.95. The SMILES string of the molecule is O=C1c2cc(O)ccc2-c2cc(O)c(O)cc21. The van der Waals surface area contributed by atoms with Gasteiger partial charge in [-0.1, -0.05) is 0 Å². The van der Waals surface area contributed by atoms with E-state index < -0.39 is 0 Å². The molecule has 3 N–H and O–H groups in total. The molecule has 84 valence electrons. The van der Waals surface area contributed by atoms with E-state index in [9.17, 15) is 20.1 Å². The number of fused-ring (bicyclic) bond motifs is 3. The second-order valence-corrected chi connectivity index (χ2v) is 3.95. The summed E-state index contributed by atoms with van der Waals surface area (Å²) in [6.07, 6.45) is 0. The predicted molar refractivity (Wildman–Crippen MR) is 60.3 cm³/mol. The minimum atomic E-state index is -0.325. The molecular weight excluding hydrogens is 220 g/mol. The molecule has 0 fully saturated rings. The summed E-state index contributed by atoms with van der Waals surface area (Å²) in [5.74, 6) is -0.842. The third kappa shape index (κ3) is 1.21. The van der Waals surface area contributed by atoms with Crippen molar-refractivity contribution in [2.75, 3.05) is 0 Å². The Bertz CT molecular complexity index is 659. The summed E-state index contributed by atoms with van der Waals surface area (Å²) in [5, 5.41) is 28.2. The Balaban J connectivity index is 2.35. The van der Waals surface area contributed by atoms with E-state index in [1.807, 2.05) is 0 Å². The van der Waals surface area contributed by atoms with Crippen LogP contribution in [0.5, 0.6) is 17.2 Å². The number of carbonyl (C=O) groups excluding carboxylic acids is 1. The third-order valence-corrected chi connectivity index (χ3v) is 2.90. The summed E-state index contributed by atoms with van der Waals surface area (Å²) < 4.78 is 0. The average molecular weight is 228 g/mol. The Labute approximate surface area is 96.4 Å². The number of benzene rings is 2. The molecule has 0 bridgehead atoms. The molecule has 1 aliphatic carbocycles. The van der Waals surface area contributed by atoms with Gasteiger partial charge >= 0.3 is 0 Å². The molecular formula is C13H8O4. The number of phenolic OH excluding ortho intramolecular Hbond substituents is 3. The van der Waals surface area contributed by atoms with Crippen LogP contribution < -0.4 is 0 Å². The zero-order valence-electron chi connectivity index (χ0n) is 8.64. The van der Waals surface area contributed by atoms with Crippen molar-refractivity contribution in [1.82, 2.24) is 0 Å². The lowest BCUT2D eigenvalue weighted by atomic mass is 10.1. The van der Waals surface area contributed by atoms with Crippen LogP contribution in [0.2, 0.25) is 0 Å². The molecule has 0 heterocycles. The molecule has 0 radical (unpaired) electrons. The van der Waals surface area contributed by atoms with E-state index in [0.717, 1.165) is 0 Å². The summed E-state index contributed by atoms with van der Waals surface area (Å²) >= 11 is 0. The molecule has 4 nitrogen and oxygen atoms in total. The molecule has 0 saturated carbocycles. The molecule has 0 aromatic heterocycles. The van der Waals surface area contributed by atoms with E-state index in [-0.39, 0.29) is 23.0 Å². The first-order valence-corrected chi connectivity index (χ1v) is 5.02. The Morgan fingerprint density at radius 3 is 2.00 bits per heavy atom. The van der Waals surface area contributed by atoms with Crippen LogP contribution in [0.3, 0.4) is 0 Å². The Morgan fingerprint density at radius 2 is 1.29 bits per heavy atom. The number of aromatic hydroxyl groups is 3. The zero-order chi connectivity index (χ0) is 12.2. The number of hydrogen-bond acceptors (Lipinski definition) is 4. The summed E-state index contributed by atoms with van der Waals surface area (Å²) in [7, 11) is 0. The molecule has 4 heteroatoms. The van der Waals surface area contributed by atoms with Crippen molar-refractivity contribution < 1.29 is 20.1 Å². The maximum absolute atomic E-state index is 12.0. The van der Waals surface area contributed by atoms with Gasteiger partial charge in [-0.05, 0) is 41.5 Å². The van der Waals surface area contributed by atoms with Crippen molar-refractivity contribution >= 4 is 5.78 Å². The highest BCUT2D eigenvalue weighted by molar-refractivity contribution is 6.22. The van der Waals surface area contributed by atoms with Gasteiger partial charge in [0.25, 0.3) is 0 Å². The van der Waals surface area contributed by atoms with Crippen molar-refractivity contribution in [2.45, 2.75) is 0 Å². The fraction of sp³-hybridized carbons (Fsp3) is 0. The molecule has 17 heavy (non-hydrogen) atoms. The van der Waals surface area contributed by atoms with Crippen LogP contribution in [0.4, 0.5) is 0 Å². The van der Waals surface area contributed by atoms with Crippen LogP contribution in [-0.2, 0) is 0 Å². The standard InChI is InChI=1S/C13H8O4/c14-6-1-2-7-8-4-11(15)12(16)5-10(8)13(17)9(7)3-6/h1-5,14-16H. The number of carbonyl (C=O) groups is 1. The summed E-state index contributed by atoms with van der Waals surface area (Å²) in [6, 6.07) is 7.07. The first-order valence-electron chi connectivity index (χ1n) is 5.02. The van der Waals surface area contributed by atoms with Crippen molar-refractivity contribution in [3.05, 3.63) is 41.5 Å². The van der Waals surface area contributed by atoms with E-state index in [0.29, 0.717) is 22.3 Å². The number of ketones is 1. The largest absolute Gasteiger partial charge is 0.508 e. The molecule has 2 aromatic rings. The molecule has 0 unspecified atom stereocenters. The Kier molecular flexibility index (Phi) is 1.72. The normalized spacial score (nSPS) is 12.4. The van der Waals surface area contributed by atoms with Crippen molar-refractivity contribution in [1.29, 1.82) is 0 Å². The van der Waals surface area contributed by atoms with Gasteiger partial charge in [0.1, 0.15) is 5.75 Å². The van der Waals surface area contributed by atoms with Gasteiger partial charge in [-0.15, -0.1) is 0 Å². The van der Waals surface area contributed by atoms with Gasteiger partial charge in [-0.25, -0.2) is 0 Å². The Hall–Kier alpha value is -2.49. The zero-order valence-corrected chi connectivity index (χ0v) is 8.64. The van der Waals surface area contributed by atoms with Gasteiger partial charge in [-0.3, -0.25) is 4.79 Å². The van der Waals surface area contributed by atoms with E-state index in [1.165, 1.54) is 24.3 Å². The quantitative estimate of drug-likeness (QED) is 0.514. The van der Waals surface area contributed by atoms with Crippen LogP contribution in [0.15, 0.2) is 30.3 Å². The molecule has 2 aromatic carbocycles. The molecule has 0 amide bonds. The highest BCUT2D eigenvalue weighted by Gasteiger charge is 2.28. The van der Waals surface area contributed by atoms with Crippen LogP contribution >= 0.6 is 0 Å². The van der Waals surface area contributed by atoms with Gasteiger partial charge in [0.15, 0.2) is 17.3 Å². The minimum absolute atomic E-state index is 0.0124. The lowest BCUT2D eigenvalue weighted by molar-refractivity contribution is 0.104. The van der Waals surface area contributed by atoms with Crippen molar-refractivity contribution in [2.24, 2.45) is 0 Å². The third-order valence-electron chi connectivity index (χ3n) is 2.90. The van der Waals surface area contributed by atoms with E-state index in [2.05, 4.69) is 0 Å². The first-order chi connectivity index (χ1) is 8.08. The fourth-order valence-electron chi connectivity index (χ4n) is 2.09. The maximum Gasteiger partial charge on any atom is 0.194 e. The summed E-state index contributed by atoms with van der Waals surface area (Å²) in [6.45, 7) is 0. The second kappa shape index (κ2) is 3.01. The lowest BCUT2D eigenvalue weighted by Crippen LogP contribution is -1.94. The van der Waals surface area contributed by atoms with Crippen LogP contribution in [0, 0.1) is 0 Å². The topological polar surface area (TPSA) is 77.8 Å². The van der Waals surface area contributed by atoms with E-state index in [1.54, 1.807) is 6.07 Å². The molecule has 3 rings (SSSR count). The van der Waals surface area contributed by atoms with Gasteiger partial charge in [-0.2, -0.15) is 0 Å². The molecule has 0 spiro atoms. The fourth-order valence-corrected chi connectivity index (χ4v) is 2.09.